The van der Waals surface area contributed by atoms with Crippen LogP contribution >= 0.6 is 0 Å². The average molecular weight is 276 g/mol. The number of likely N-dealkylation sites (tertiary alicyclic amines) is 2. The summed E-state index contributed by atoms with van der Waals surface area (Å²) in [6.45, 7) is 1.75. The predicted molar refractivity (Wildman–Crippen MR) is 72.8 cm³/mol. The lowest BCUT2D eigenvalue weighted by Gasteiger charge is -2.43. The molecule has 0 N–H and O–H groups in total. The highest BCUT2D eigenvalue weighted by atomic mass is 16.2. The number of rotatable bonds is 2. The predicted octanol–water partition coefficient (Wildman–Crippen LogP) is 0.496. The van der Waals surface area contributed by atoms with Crippen molar-refractivity contribution in [2.75, 3.05) is 20.1 Å². The van der Waals surface area contributed by atoms with Crippen molar-refractivity contribution in [3.8, 4) is 0 Å². The molecule has 1 aromatic heterocycles. The Kier molecular flexibility index (Phi) is 3.23. The maximum absolute atomic E-state index is 12.6. The van der Waals surface area contributed by atoms with Gasteiger partial charge in [-0.2, -0.15) is 0 Å². The first-order valence-corrected chi connectivity index (χ1v) is 7.15. The molecule has 1 aromatic rings. The van der Waals surface area contributed by atoms with Gasteiger partial charge in [0.25, 0.3) is 0 Å². The monoisotopic (exact) mass is 276 g/mol. The number of nitrogens with zero attached hydrogens (tertiary/aromatic N) is 4. The van der Waals surface area contributed by atoms with Crippen LogP contribution in [-0.2, 0) is 16.1 Å². The Morgan fingerprint density at radius 1 is 1.35 bits per heavy atom. The molecule has 0 aliphatic carbocycles. The molecule has 6 heteroatoms. The van der Waals surface area contributed by atoms with Crippen LogP contribution in [0, 0.1) is 0 Å². The molecule has 3 rings (SSSR count). The summed E-state index contributed by atoms with van der Waals surface area (Å²) in [6, 6.07) is 0. The minimum Gasteiger partial charge on any atom is -0.344 e. The van der Waals surface area contributed by atoms with Crippen LogP contribution in [-0.4, -0.2) is 56.8 Å². The van der Waals surface area contributed by atoms with Gasteiger partial charge in [0.1, 0.15) is 12.1 Å². The van der Waals surface area contributed by atoms with E-state index >= 15 is 0 Å². The molecule has 2 fully saturated rings. The number of carbonyl (C=O) groups excluding carboxylic acids is 2. The number of amides is 2. The Balaban J connectivity index is 1.81. The molecule has 0 saturated carbocycles. The second kappa shape index (κ2) is 4.92. The highest BCUT2D eigenvalue weighted by Gasteiger charge is 2.51. The van der Waals surface area contributed by atoms with E-state index in [2.05, 4.69) is 4.98 Å². The molecule has 0 radical (unpaired) electrons. The van der Waals surface area contributed by atoms with Gasteiger partial charge in [-0.1, -0.05) is 0 Å². The molecule has 20 heavy (non-hydrogen) atoms. The maximum Gasteiger partial charge on any atom is 0.248 e. The summed E-state index contributed by atoms with van der Waals surface area (Å²) in [5.74, 6) is 0.129. The van der Waals surface area contributed by atoms with E-state index in [1.165, 1.54) is 0 Å². The van der Waals surface area contributed by atoms with Gasteiger partial charge in [0.15, 0.2) is 0 Å². The first-order chi connectivity index (χ1) is 9.63. The fourth-order valence-electron chi connectivity index (χ4n) is 3.52. The zero-order valence-electron chi connectivity index (χ0n) is 11.8. The van der Waals surface area contributed by atoms with Gasteiger partial charge >= 0.3 is 0 Å². The number of carbonyl (C=O) groups is 2. The molecule has 108 valence electrons. The molecule has 2 aliphatic heterocycles. The summed E-state index contributed by atoms with van der Waals surface area (Å²) in [4.78, 5) is 32.7. The Bertz CT molecular complexity index is 513. The number of imidazole rings is 1. The van der Waals surface area contributed by atoms with Crippen molar-refractivity contribution in [3.05, 3.63) is 18.7 Å². The molecular weight excluding hydrogens is 256 g/mol. The number of likely N-dealkylation sites (N-methyl/N-ethyl adjacent to an activating group) is 1. The van der Waals surface area contributed by atoms with Crippen LogP contribution in [0.15, 0.2) is 18.7 Å². The largest absolute Gasteiger partial charge is 0.344 e. The Morgan fingerprint density at radius 2 is 2.10 bits per heavy atom. The van der Waals surface area contributed by atoms with Gasteiger partial charge in [0, 0.05) is 32.5 Å². The fraction of sp³-hybridized carbons (Fsp3) is 0.643. The van der Waals surface area contributed by atoms with E-state index in [0.29, 0.717) is 6.54 Å². The highest BCUT2D eigenvalue weighted by molar-refractivity contribution is 5.92. The number of piperidine rings is 1. The molecule has 1 unspecified atom stereocenters. The van der Waals surface area contributed by atoms with Crippen molar-refractivity contribution < 1.29 is 9.59 Å². The first kappa shape index (κ1) is 13.1. The van der Waals surface area contributed by atoms with E-state index in [1.807, 2.05) is 11.9 Å². The van der Waals surface area contributed by atoms with Crippen molar-refractivity contribution in [2.45, 2.75) is 37.8 Å². The second-order valence-corrected chi connectivity index (χ2v) is 5.75. The molecule has 2 aliphatic rings. The molecule has 1 atom stereocenters. The van der Waals surface area contributed by atoms with Crippen LogP contribution in [0.1, 0.15) is 25.7 Å². The average Bonchev–Trinajstić information content (AvgIpc) is 3.06. The van der Waals surface area contributed by atoms with Crippen LogP contribution < -0.4 is 0 Å². The van der Waals surface area contributed by atoms with Gasteiger partial charge in [-0.25, -0.2) is 4.98 Å². The lowest BCUT2D eigenvalue weighted by atomic mass is 9.85. The third-order valence-electron chi connectivity index (χ3n) is 4.50. The molecule has 0 aromatic carbocycles. The number of aromatic nitrogens is 2. The zero-order valence-corrected chi connectivity index (χ0v) is 11.8. The summed E-state index contributed by atoms with van der Waals surface area (Å²) in [7, 11) is 1.83. The molecular formula is C14H20N4O2. The molecule has 2 saturated heterocycles. The highest BCUT2D eigenvalue weighted by Crippen LogP contribution is 2.37. The minimum absolute atomic E-state index is 0.0177. The topological polar surface area (TPSA) is 58.4 Å². The Hall–Kier alpha value is -1.85. The molecule has 6 nitrogen and oxygen atoms in total. The van der Waals surface area contributed by atoms with E-state index < -0.39 is 5.54 Å². The van der Waals surface area contributed by atoms with Crippen molar-refractivity contribution in [1.29, 1.82) is 0 Å². The number of hydrogen-bond acceptors (Lipinski definition) is 3. The van der Waals surface area contributed by atoms with E-state index in [0.717, 1.165) is 32.2 Å². The van der Waals surface area contributed by atoms with Crippen LogP contribution in [0.2, 0.25) is 0 Å². The smallest absolute Gasteiger partial charge is 0.248 e. The summed E-state index contributed by atoms with van der Waals surface area (Å²) in [5, 5.41) is 0. The molecule has 1 spiro atoms. The van der Waals surface area contributed by atoms with E-state index in [-0.39, 0.29) is 18.4 Å². The molecule has 0 bridgehead atoms. The summed E-state index contributed by atoms with van der Waals surface area (Å²) in [5.41, 5.74) is -0.579. The summed E-state index contributed by atoms with van der Waals surface area (Å²) >= 11 is 0. The van der Waals surface area contributed by atoms with Crippen molar-refractivity contribution >= 4 is 11.8 Å². The quantitative estimate of drug-likeness (QED) is 0.790. The first-order valence-electron chi connectivity index (χ1n) is 7.15. The third-order valence-corrected chi connectivity index (χ3v) is 4.50. The van der Waals surface area contributed by atoms with Gasteiger partial charge in [-0.15, -0.1) is 0 Å². The van der Waals surface area contributed by atoms with Crippen molar-refractivity contribution in [2.24, 2.45) is 0 Å². The van der Waals surface area contributed by atoms with E-state index in [1.54, 1.807) is 28.2 Å². The van der Waals surface area contributed by atoms with E-state index in [9.17, 15) is 9.59 Å². The van der Waals surface area contributed by atoms with Gasteiger partial charge < -0.3 is 14.4 Å². The van der Waals surface area contributed by atoms with Crippen molar-refractivity contribution in [1.82, 2.24) is 19.4 Å². The lowest BCUT2D eigenvalue weighted by Crippen LogP contribution is -2.60. The summed E-state index contributed by atoms with van der Waals surface area (Å²) in [6.07, 6.45) is 8.54. The SMILES string of the molecule is CN1CCCC2(CCCN2C(=O)Cn2ccnc2)C1=O. The third kappa shape index (κ3) is 1.99. The van der Waals surface area contributed by atoms with Crippen LogP contribution in [0.3, 0.4) is 0 Å². The van der Waals surface area contributed by atoms with E-state index in [4.69, 9.17) is 0 Å². The molecule has 2 amide bonds. The van der Waals surface area contributed by atoms with Gasteiger partial charge in [0.05, 0.1) is 6.33 Å². The van der Waals surface area contributed by atoms with Crippen LogP contribution in [0.5, 0.6) is 0 Å². The Morgan fingerprint density at radius 3 is 2.80 bits per heavy atom. The van der Waals surface area contributed by atoms with Crippen LogP contribution in [0.4, 0.5) is 0 Å². The zero-order chi connectivity index (χ0) is 14.2. The minimum atomic E-state index is -0.579. The standard InChI is InChI=1S/C14H20N4O2/c1-16-7-2-4-14(13(16)20)5-3-8-18(14)12(19)10-17-9-6-15-11-17/h6,9,11H,2-5,7-8,10H2,1H3. The second-order valence-electron chi connectivity index (χ2n) is 5.75. The fourth-order valence-corrected chi connectivity index (χ4v) is 3.52. The van der Waals surface area contributed by atoms with Gasteiger partial charge in [-0.3, -0.25) is 9.59 Å². The van der Waals surface area contributed by atoms with Crippen molar-refractivity contribution in [3.63, 3.8) is 0 Å². The van der Waals surface area contributed by atoms with Gasteiger partial charge in [0.2, 0.25) is 11.8 Å². The maximum atomic E-state index is 12.6. The van der Waals surface area contributed by atoms with Crippen LogP contribution in [0.25, 0.3) is 0 Å². The van der Waals surface area contributed by atoms with Gasteiger partial charge in [-0.05, 0) is 25.7 Å². The summed E-state index contributed by atoms with van der Waals surface area (Å²) < 4.78 is 1.76. The normalized spacial score (nSPS) is 26.6. The molecule has 3 heterocycles. The Labute approximate surface area is 118 Å². The lowest BCUT2D eigenvalue weighted by molar-refractivity contribution is -0.154. The number of hydrogen-bond donors (Lipinski definition) is 0.